The first-order chi connectivity index (χ1) is 10.7. The van der Waals surface area contributed by atoms with Crippen LogP contribution in [0.15, 0.2) is 24.3 Å². The Labute approximate surface area is 138 Å². The first kappa shape index (κ1) is 17.9. The third kappa shape index (κ3) is 3.91. The van der Waals surface area contributed by atoms with Crippen LogP contribution in [-0.4, -0.2) is 44.0 Å². The highest BCUT2D eigenvalue weighted by atomic mass is 32.2. The highest BCUT2D eigenvalue weighted by Gasteiger charge is 2.41. The van der Waals surface area contributed by atoms with E-state index in [9.17, 15) is 13.2 Å². The molecule has 128 valence electrons. The van der Waals surface area contributed by atoms with Crippen LogP contribution in [0.25, 0.3) is 0 Å². The maximum Gasteiger partial charge on any atom is 0.239 e. The van der Waals surface area contributed by atoms with Crippen molar-refractivity contribution in [2.45, 2.75) is 37.5 Å². The molecule has 2 rings (SSSR count). The minimum absolute atomic E-state index is 0.218. The van der Waals surface area contributed by atoms with Crippen molar-refractivity contribution < 1.29 is 13.2 Å². The molecular formula is C16H25N3O3S. The average Bonchev–Trinajstić information content (AvgIpc) is 2.78. The Hall–Kier alpha value is -1.44. The molecule has 1 aromatic carbocycles. The molecule has 0 aliphatic carbocycles. The quantitative estimate of drug-likeness (QED) is 0.836. The van der Waals surface area contributed by atoms with E-state index in [4.69, 9.17) is 5.73 Å². The molecule has 7 heteroatoms. The van der Waals surface area contributed by atoms with E-state index < -0.39 is 21.2 Å². The summed E-state index contributed by atoms with van der Waals surface area (Å²) in [4.78, 5) is 12.1. The van der Waals surface area contributed by atoms with Gasteiger partial charge in [0, 0.05) is 26.2 Å². The van der Waals surface area contributed by atoms with Crippen LogP contribution in [-0.2, 0) is 14.8 Å². The van der Waals surface area contributed by atoms with Crippen molar-refractivity contribution in [2.24, 2.45) is 5.73 Å². The standard InChI is InChI=1S/C16H25N3O3S/c1-11(2)12-4-6-13(7-5-12)14(17)10-18-16(20)15-8-9-19(3)23(15,21)22/h4-7,11,14-15H,8-10,17H2,1-3H3,(H,18,20). The number of sulfonamides is 1. The average molecular weight is 339 g/mol. The van der Waals surface area contributed by atoms with Gasteiger partial charge in [-0.2, -0.15) is 0 Å². The smallest absolute Gasteiger partial charge is 0.239 e. The second-order valence-corrected chi connectivity index (χ2v) is 8.54. The Morgan fingerprint density at radius 2 is 1.87 bits per heavy atom. The lowest BCUT2D eigenvalue weighted by molar-refractivity contribution is -0.120. The van der Waals surface area contributed by atoms with Crippen LogP contribution in [0.4, 0.5) is 0 Å². The lowest BCUT2D eigenvalue weighted by Gasteiger charge is -2.17. The molecule has 0 bridgehead atoms. The van der Waals surface area contributed by atoms with Crippen molar-refractivity contribution in [3.05, 3.63) is 35.4 Å². The van der Waals surface area contributed by atoms with E-state index in [0.29, 0.717) is 18.9 Å². The Bertz CT molecular complexity index is 656. The van der Waals surface area contributed by atoms with Crippen LogP contribution in [0.2, 0.25) is 0 Å². The van der Waals surface area contributed by atoms with Gasteiger partial charge in [0.25, 0.3) is 0 Å². The molecule has 2 atom stereocenters. The SMILES string of the molecule is CC(C)c1ccc(C(N)CNC(=O)C2CCN(C)S2(=O)=O)cc1. The fraction of sp³-hybridized carbons (Fsp3) is 0.562. The van der Waals surface area contributed by atoms with Crippen molar-refractivity contribution in [3.63, 3.8) is 0 Å². The number of hydrogen-bond donors (Lipinski definition) is 2. The van der Waals surface area contributed by atoms with Crippen molar-refractivity contribution in [3.8, 4) is 0 Å². The molecule has 23 heavy (non-hydrogen) atoms. The molecule has 2 unspecified atom stereocenters. The van der Waals surface area contributed by atoms with Gasteiger partial charge in [0.15, 0.2) is 5.25 Å². The van der Waals surface area contributed by atoms with Crippen molar-refractivity contribution >= 4 is 15.9 Å². The zero-order chi connectivity index (χ0) is 17.2. The molecule has 3 N–H and O–H groups in total. The summed E-state index contributed by atoms with van der Waals surface area (Å²) in [5, 5.41) is 1.67. The molecule has 1 fully saturated rings. The monoisotopic (exact) mass is 339 g/mol. The van der Waals surface area contributed by atoms with Gasteiger partial charge in [-0.25, -0.2) is 12.7 Å². The van der Waals surface area contributed by atoms with Crippen LogP contribution in [0.3, 0.4) is 0 Å². The van der Waals surface area contributed by atoms with E-state index in [2.05, 4.69) is 19.2 Å². The van der Waals surface area contributed by atoms with E-state index in [-0.39, 0.29) is 12.6 Å². The normalized spacial score (nSPS) is 22.2. The molecule has 1 aliphatic rings. The van der Waals surface area contributed by atoms with Gasteiger partial charge >= 0.3 is 0 Å². The minimum atomic E-state index is -3.51. The molecule has 0 radical (unpaired) electrons. The highest BCUT2D eigenvalue weighted by molar-refractivity contribution is 7.90. The zero-order valence-electron chi connectivity index (χ0n) is 13.8. The van der Waals surface area contributed by atoms with Crippen LogP contribution in [0.1, 0.15) is 43.4 Å². The number of rotatable bonds is 5. The summed E-state index contributed by atoms with van der Waals surface area (Å²) >= 11 is 0. The third-order valence-electron chi connectivity index (χ3n) is 4.32. The number of nitrogens with zero attached hydrogens (tertiary/aromatic N) is 1. The predicted octanol–water partition coefficient (Wildman–Crippen LogP) is 0.960. The van der Waals surface area contributed by atoms with Gasteiger partial charge in [0.2, 0.25) is 15.9 Å². The summed E-state index contributed by atoms with van der Waals surface area (Å²) in [6.45, 7) is 4.83. The van der Waals surface area contributed by atoms with E-state index in [0.717, 1.165) is 5.56 Å². The lowest BCUT2D eigenvalue weighted by Crippen LogP contribution is -2.42. The number of carbonyl (C=O) groups excluding carboxylic acids is 1. The molecule has 1 aromatic rings. The van der Waals surface area contributed by atoms with Gasteiger partial charge in [-0.05, 0) is 23.5 Å². The minimum Gasteiger partial charge on any atom is -0.353 e. The summed E-state index contributed by atoms with van der Waals surface area (Å²) in [6, 6.07) is 7.59. The number of amides is 1. The number of hydrogen-bond acceptors (Lipinski definition) is 4. The van der Waals surface area contributed by atoms with Crippen molar-refractivity contribution in [2.75, 3.05) is 20.1 Å². The Morgan fingerprint density at radius 3 is 2.35 bits per heavy atom. The molecule has 1 saturated heterocycles. The topological polar surface area (TPSA) is 92.5 Å². The number of nitrogens with two attached hydrogens (primary N) is 1. The third-order valence-corrected chi connectivity index (χ3v) is 6.54. The van der Waals surface area contributed by atoms with Gasteiger partial charge in [0.05, 0.1) is 0 Å². The zero-order valence-corrected chi connectivity index (χ0v) is 14.6. The summed E-state index contributed by atoms with van der Waals surface area (Å²) in [6.07, 6.45) is 0.322. The molecule has 0 spiro atoms. The fourth-order valence-electron chi connectivity index (χ4n) is 2.63. The Morgan fingerprint density at radius 1 is 1.30 bits per heavy atom. The summed E-state index contributed by atoms with van der Waals surface area (Å²) < 4.78 is 25.2. The van der Waals surface area contributed by atoms with E-state index in [1.807, 2.05) is 24.3 Å². The molecule has 1 amide bonds. The summed E-state index contributed by atoms with van der Waals surface area (Å²) in [5.74, 6) is -0.0202. The largest absolute Gasteiger partial charge is 0.353 e. The molecule has 0 aromatic heterocycles. The van der Waals surface area contributed by atoms with E-state index in [1.165, 1.54) is 16.9 Å². The molecule has 6 nitrogen and oxygen atoms in total. The molecule has 1 aliphatic heterocycles. The number of nitrogens with one attached hydrogen (secondary N) is 1. The number of carbonyl (C=O) groups is 1. The first-order valence-electron chi connectivity index (χ1n) is 7.81. The number of benzene rings is 1. The first-order valence-corrected chi connectivity index (χ1v) is 9.32. The maximum absolute atomic E-state index is 12.1. The van der Waals surface area contributed by atoms with Crippen LogP contribution in [0, 0.1) is 0 Å². The molecular weight excluding hydrogens is 314 g/mol. The fourth-order valence-corrected chi connectivity index (χ4v) is 4.18. The van der Waals surface area contributed by atoms with E-state index >= 15 is 0 Å². The van der Waals surface area contributed by atoms with Gasteiger partial charge in [0.1, 0.15) is 0 Å². The second-order valence-electron chi connectivity index (χ2n) is 6.32. The van der Waals surface area contributed by atoms with Gasteiger partial charge in [-0.3, -0.25) is 4.79 Å². The second kappa shape index (κ2) is 6.98. The van der Waals surface area contributed by atoms with Crippen molar-refractivity contribution in [1.82, 2.24) is 9.62 Å². The predicted molar refractivity (Wildman–Crippen MR) is 90.4 cm³/mol. The van der Waals surface area contributed by atoms with Gasteiger partial charge in [-0.15, -0.1) is 0 Å². The van der Waals surface area contributed by atoms with Gasteiger partial charge < -0.3 is 11.1 Å². The van der Waals surface area contributed by atoms with Crippen LogP contribution >= 0.6 is 0 Å². The Balaban J connectivity index is 1.94. The van der Waals surface area contributed by atoms with Crippen molar-refractivity contribution in [1.29, 1.82) is 0 Å². The summed E-state index contributed by atoms with van der Waals surface area (Å²) in [5.41, 5.74) is 8.23. The van der Waals surface area contributed by atoms with Crippen LogP contribution < -0.4 is 11.1 Å². The highest BCUT2D eigenvalue weighted by Crippen LogP contribution is 2.20. The van der Waals surface area contributed by atoms with Crippen LogP contribution in [0.5, 0.6) is 0 Å². The molecule has 0 saturated carbocycles. The summed E-state index contributed by atoms with van der Waals surface area (Å²) in [7, 11) is -2.02. The van der Waals surface area contributed by atoms with E-state index in [1.54, 1.807) is 0 Å². The maximum atomic E-state index is 12.1. The Kier molecular flexibility index (Phi) is 5.44. The van der Waals surface area contributed by atoms with Gasteiger partial charge in [-0.1, -0.05) is 38.1 Å². The lowest BCUT2D eigenvalue weighted by atomic mass is 9.99. The molecule has 1 heterocycles.